The lowest BCUT2D eigenvalue weighted by Crippen LogP contribution is -2.39. The number of fused-ring (bicyclic) bond motifs is 1. The Morgan fingerprint density at radius 1 is 1.18 bits per heavy atom. The highest BCUT2D eigenvalue weighted by Gasteiger charge is 2.26. The van der Waals surface area contributed by atoms with Crippen LogP contribution in [0.1, 0.15) is 61.6 Å². The first-order valence-electron chi connectivity index (χ1n) is 10.0. The van der Waals surface area contributed by atoms with Gasteiger partial charge in [0.05, 0.1) is 11.1 Å². The minimum Gasteiger partial charge on any atom is -0.444 e. The summed E-state index contributed by atoms with van der Waals surface area (Å²) >= 11 is 0. The lowest BCUT2D eigenvalue weighted by Gasteiger charge is -2.26. The van der Waals surface area contributed by atoms with E-state index in [9.17, 15) is 9.59 Å². The van der Waals surface area contributed by atoms with Crippen molar-refractivity contribution in [3.05, 3.63) is 35.0 Å². The Bertz CT molecular complexity index is 879. The Morgan fingerprint density at radius 3 is 2.64 bits per heavy atom. The van der Waals surface area contributed by atoms with Crippen LogP contribution in [0.25, 0.3) is 10.9 Å². The van der Waals surface area contributed by atoms with Crippen molar-refractivity contribution in [2.75, 3.05) is 13.1 Å². The molecule has 6 heteroatoms. The molecule has 0 unspecified atom stereocenters. The van der Waals surface area contributed by atoms with E-state index in [4.69, 9.17) is 4.74 Å². The number of aromatic nitrogens is 1. The number of hydrogen-bond acceptors (Lipinski definition) is 3. The van der Waals surface area contributed by atoms with E-state index in [0.717, 1.165) is 35.9 Å². The number of amides is 2. The molecule has 0 aliphatic carbocycles. The highest BCUT2D eigenvalue weighted by atomic mass is 16.6. The fourth-order valence-corrected chi connectivity index (χ4v) is 3.68. The van der Waals surface area contributed by atoms with Crippen LogP contribution in [-0.2, 0) is 4.74 Å². The Kier molecular flexibility index (Phi) is 5.68. The quantitative estimate of drug-likeness (QED) is 0.809. The molecule has 152 valence electrons. The van der Waals surface area contributed by atoms with E-state index in [1.54, 1.807) is 4.90 Å². The van der Waals surface area contributed by atoms with Crippen molar-refractivity contribution < 1.29 is 14.3 Å². The second-order valence-electron chi connectivity index (χ2n) is 8.67. The molecule has 2 amide bonds. The number of benzene rings is 1. The molecule has 28 heavy (non-hydrogen) atoms. The number of nitrogens with zero attached hydrogens (tertiary/aromatic N) is 1. The van der Waals surface area contributed by atoms with Crippen molar-refractivity contribution in [1.29, 1.82) is 0 Å². The second kappa shape index (κ2) is 7.86. The Balaban J connectivity index is 1.66. The summed E-state index contributed by atoms with van der Waals surface area (Å²) in [4.78, 5) is 30.3. The first-order valence-corrected chi connectivity index (χ1v) is 10.0. The fourth-order valence-electron chi connectivity index (χ4n) is 3.68. The number of para-hydroxylation sites is 1. The predicted molar refractivity (Wildman–Crippen MR) is 111 cm³/mol. The molecule has 1 aromatic carbocycles. The number of nitrogens with one attached hydrogen (secondary N) is 2. The van der Waals surface area contributed by atoms with Crippen molar-refractivity contribution in [3.63, 3.8) is 0 Å². The summed E-state index contributed by atoms with van der Waals surface area (Å²) in [7, 11) is 0. The SMILES string of the molecule is Cc1[nH]c2c(C(=O)N[C@H]3CCCN(C(=O)OC(C)(C)C)CC3)cccc2c1C. The third-order valence-electron chi connectivity index (χ3n) is 5.30. The van der Waals surface area contributed by atoms with Gasteiger partial charge in [0, 0.05) is 30.2 Å². The predicted octanol–water partition coefficient (Wildman–Crippen LogP) is 4.30. The minimum atomic E-state index is -0.498. The molecule has 1 aliphatic rings. The van der Waals surface area contributed by atoms with Gasteiger partial charge in [-0.3, -0.25) is 4.79 Å². The lowest BCUT2D eigenvalue weighted by molar-refractivity contribution is 0.0256. The smallest absolute Gasteiger partial charge is 0.410 e. The van der Waals surface area contributed by atoms with Crippen LogP contribution in [0.15, 0.2) is 18.2 Å². The first-order chi connectivity index (χ1) is 13.2. The molecular formula is C22H31N3O3. The van der Waals surface area contributed by atoms with E-state index < -0.39 is 5.60 Å². The van der Waals surface area contributed by atoms with Crippen molar-refractivity contribution in [2.24, 2.45) is 0 Å². The molecule has 1 saturated heterocycles. The fraction of sp³-hybridized carbons (Fsp3) is 0.545. The van der Waals surface area contributed by atoms with E-state index in [-0.39, 0.29) is 18.0 Å². The summed E-state index contributed by atoms with van der Waals surface area (Å²) in [5.41, 5.74) is 3.31. The number of H-pyrrole nitrogens is 1. The standard InChI is InChI=1S/C22H31N3O3/c1-14-15(2)23-19-17(14)9-6-10-18(19)20(26)24-16-8-7-12-25(13-11-16)21(27)28-22(3,4)5/h6,9-10,16,23H,7-8,11-13H2,1-5H3,(H,24,26)/t16-/m0/s1. The Labute approximate surface area is 166 Å². The summed E-state index contributed by atoms with van der Waals surface area (Å²) in [6.45, 7) is 10.9. The third-order valence-corrected chi connectivity index (χ3v) is 5.30. The van der Waals surface area contributed by atoms with Crippen LogP contribution < -0.4 is 5.32 Å². The van der Waals surface area contributed by atoms with Crippen LogP contribution in [-0.4, -0.2) is 46.6 Å². The number of aryl methyl sites for hydroxylation is 2. The normalized spacial score (nSPS) is 18.0. The molecule has 1 fully saturated rings. The molecule has 0 bridgehead atoms. The number of carbonyl (C=O) groups excluding carboxylic acids is 2. The van der Waals surface area contributed by atoms with Gasteiger partial charge in [-0.2, -0.15) is 0 Å². The zero-order chi connectivity index (χ0) is 20.5. The average molecular weight is 386 g/mol. The average Bonchev–Trinajstić information content (AvgIpc) is 2.78. The van der Waals surface area contributed by atoms with Gasteiger partial charge in [-0.25, -0.2) is 4.79 Å². The highest BCUT2D eigenvalue weighted by Crippen LogP contribution is 2.24. The molecule has 1 aromatic heterocycles. The largest absolute Gasteiger partial charge is 0.444 e. The monoisotopic (exact) mass is 385 g/mol. The van der Waals surface area contributed by atoms with Gasteiger partial charge >= 0.3 is 6.09 Å². The number of hydrogen-bond donors (Lipinski definition) is 2. The second-order valence-corrected chi connectivity index (χ2v) is 8.67. The molecule has 0 spiro atoms. The van der Waals surface area contributed by atoms with Gasteiger partial charge in [-0.1, -0.05) is 12.1 Å². The number of carbonyl (C=O) groups is 2. The highest BCUT2D eigenvalue weighted by molar-refractivity contribution is 6.06. The number of ether oxygens (including phenoxy) is 1. The van der Waals surface area contributed by atoms with Crippen molar-refractivity contribution >= 4 is 22.9 Å². The van der Waals surface area contributed by atoms with Crippen molar-refractivity contribution in [3.8, 4) is 0 Å². The van der Waals surface area contributed by atoms with Gasteiger partial charge in [0.1, 0.15) is 5.60 Å². The molecule has 0 radical (unpaired) electrons. The van der Waals surface area contributed by atoms with Crippen LogP contribution >= 0.6 is 0 Å². The van der Waals surface area contributed by atoms with E-state index in [1.165, 1.54) is 5.56 Å². The van der Waals surface area contributed by atoms with Gasteiger partial charge in [-0.15, -0.1) is 0 Å². The number of rotatable bonds is 2. The summed E-state index contributed by atoms with van der Waals surface area (Å²) < 4.78 is 5.48. The van der Waals surface area contributed by atoms with Crippen LogP contribution in [0.3, 0.4) is 0 Å². The Morgan fingerprint density at radius 2 is 1.93 bits per heavy atom. The summed E-state index contributed by atoms with van der Waals surface area (Å²) in [6.07, 6.45) is 2.14. The summed E-state index contributed by atoms with van der Waals surface area (Å²) in [5, 5.41) is 4.25. The zero-order valence-electron chi connectivity index (χ0n) is 17.5. The van der Waals surface area contributed by atoms with E-state index in [0.29, 0.717) is 18.7 Å². The van der Waals surface area contributed by atoms with E-state index in [2.05, 4.69) is 17.2 Å². The lowest BCUT2D eigenvalue weighted by atomic mass is 10.1. The Hall–Kier alpha value is -2.50. The van der Waals surface area contributed by atoms with Gasteiger partial charge in [-0.05, 0) is 65.5 Å². The van der Waals surface area contributed by atoms with Crippen molar-refractivity contribution in [2.45, 2.75) is 65.5 Å². The molecule has 2 aromatic rings. The minimum absolute atomic E-state index is 0.0485. The molecule has 2 N–H and O–H groups in total. The van der Waals surface area contributed by atoms with Crippen LogP contribution in [0, 0.1) is 13.8 Å². The zero-order valence-corrected chi connectivity index (χ0v) is 17.5. The van der Waals surface area contributed by atoms with Gasteiger partial charge in [0.15, 0.2) is 0 Å². The number of likely N-dealkylation sites (tertiary alicyclic amines) is 1. The summed E-state index contributed by atoms with van der Waals surface area (Å²) in [6, 6.07) is 5.87. The number of aromatic amines is 1. The van der Waals surface area contributed by atoms with Crippen LogP contribution in [0.5, 0.6) is 0 Å². The molecule has 3 rings (SSSR count). The van der Waals surface area contributed by atoms with Crippen molar-refractivity contribution in [1.82, 2.24) is 15.2 Å². The van der Waals surface area contributed by atoms with Gasteiger partial charge in [0.2, 0.25) is 0 Å². The van der Waals surface area contributed by atoms with Gasteiger partial charge < -0.3 is 19.9 Å². The molecule has 6 nitrogen and oxygen atoms in total. The topological polar surface area (TPSA) is 74.4 Å². The molecule has 1 atom stereocenters. The summed E-state index contributed by atoms with van der Waals surface area (Å²) in [5.74, 6) is -0.0671. The van der Waals surface area contributed by atoms with E-state index in [1.807, 2.05) is 45.9 Å². The van der Waals surface area contributed by atoms with E-state index >= 15 is 0 Å². The maximum Gasteiger partial charge on any atom is 0.410 e. The molecule has 1 aliphatic heterocycles. The van der Waals surface area contributed by atoms with Crippen LogP contribution in [0.4, 0.5) is 4.79 Å². The molecule has 0 saturated carbocycles. The maximum absolute atomic E-state index is 12.9. The third kappa shape index (κ3) is 4.49. The molecule has 2 heterocycles. The first kappa shape index (κ1) is 20.2. The molecular weight excluding hydrogens is 354 g/mol. The maximum atomic E-state index is 12.9. The van der Waals surface area contributed by atoms with Crippen LogP contribution in [0.2, 0.25) is 0 Å². The van der Waals surface area contributed by atoms with Gasteiger partial charge in [0.25, 0.3) is 5.91 Å².